The maximum absolute atomic E-state index is 12.9. The number of carboxylic acid groups (broad SMARTS) is 1. The lowest BCUT2D eigenvalue weighted by atomic mass is 9.94. The topological polar surface area (TPSA) is 91.8 Å². The van der Waals surface area contributed by atoms with Crippen LogP contribution in [0.2, 0.25) is 0 Å². The molecule has 192 valence electrons. The minimum Gasteiger partial charge on any atom is -0.478 e. The van der Waals surface area contributed by atoms with Crippen molar-refractivity contribution in [1.29, 1.82) is 0 Å². The molecule has 0 radical (unpaired) electrons. The number of anilines is 2. The second-order valence-corrected chi connectivity index (χ2v) is 10.5. The number of carboxylic acids is 1. The number of piperidine rings is 1. The Bertz CT molecular complexity index is 1430. The number of rotatable bonds is 6. The number of nitrogens with one attached hydrogen (secondary N) is 1. The van der Waals surface area contributed by atoms with Gasteiger partial charge in [0.2, 0.25) is 0 Å². The summed E-state index contributed by atoms with van der Waals surface area (Å²) in [5.74, 6) is -0.600. The van der Waals surface area contributed by atoms with E-state index in [2.05, 4.69) is 35.0 Å². The summed E-state index contributed by atoms with van der Waals surface area (Å²) in [6.07, 6.45) is 1.41. The van der Waals surface area contributed by atoms with Crippen LogP contribution >= 0.6 is 11.3 Å². The normalized spacial score (nSPS) is 15.1. The highest BCUT2D eigenvalue weighted by Crippen LogP contribution is 2.44. The Labute approximate surface area is 224 Å². The Hall–Kier alpha value is -4.17. The standard InChI is InChI=1S/C30H27N3O4S/c34-28(35)20-9-11-21(12-10-20)31-29-32-27(18-38-29)19-13-15-33(16-14-19)30(36)37-17-26-24-7-3-1-5-22(24)23-6-2-4-8-25(23)26/h1-12,18-19,26H,13-17H2,(H,31,32)(H,34,35). The maximum Gasteiger partial charge on any atom is 0.409 e. The molecule has 0 atom stereocenters. The monoisotopic (exact) mass is 525 g/mol. The number of amides is 1. The third kappa shape index (κ3) is 4.75. The van der Waals surface area contributed by atoms with Crippen LogP contribution in [-0.4, -0.2) is 46.7 Å². The van der Waals surface area contributed by atoms with Crippen LogP contribution in [0.25, 0.3) is 11.1 Å². The molecule has 1 saturated heterocycles. The Kier molecular flexibility index (Phi) is 6.55. The first-order chi connectivity index (χ1) is 18.6. The van der Waals surface area contributed by atoms with Gasteiger partial charge in [-0.2, -0.15) is 0 Å². The SMILES string of the molecule is O=C(O)c1ccc(Nc2nc(C3CCN(C(=O)OCC4c5ccccc5-c5ccccc54)CC3)cs2)cc1. The molecule has 2 N–H and O–H groups in total. The van der Waals surface area contributed by atoms with Gasteiger partial charge in [0.05, 0.1) is 11.3 Å². The summed E-state index contributed by atoms with van der Waals surface area (Å²) in [5, 5.41) is 15.1. The summed E-state index contributed by atoms with van der Waals surface area (Å²) in [4.78, 5) is 30.5. The molecule has 6 rings (SSSR count). The highest BCUT2D eigenvalue weighted by molar-refractivity contribution is 7.13. The molecule has 7 nitrogen and oxygen atoms in total. The lowest BCUT2D eigenvalue weighted by Gasteiger charge is -2.31. The number of hydrogen-bond donors (Lipinski definition) is 2. The van der Waals surface area contributed by atoms with Crippen LogP contribution < -0.4 is 5.32 Å². The third-order valence-electron chi connectivity index (χ3n) is 7.41. The van der Waals surface area contributed by atoms with Gasteiger partial charge in [-0.15, -0.1) is 11.3 Å². The number of hydrogen-bond acceptors (Lipinski definition) is 6. The molecule has 0 unspecified atom stereocenters. The second kappa shape index (κ2) is 10.3. The Morgan fingerprint density at radius 3 is 2.21 bits per heavy atom. The van der Waals surface area contributed by atoms with Crippen molar-refractivity contribution in [2.24, 2.45) is 0 Å². The quantitative estimate of drug-likeness (QED) is 0.291. The van der Waals surface area contributed by atoms with Gasteiger partial charge in [0.25, 0.3) is 0 Å². The third-order valence-corrected chi connectivity index (χ3v) is 8.19. The Morgan fingerprint density at radius 2 is 1.58 bits per heavy atom. The molecule has 1 aliphatic carbocycles. The van der Waals surface area contributed by atoms with E-state index < -0.39 is 5.97 Å². The van der Waals surface area contributed by atoms with Crippen molar-refractivity contribution in [1.82, 2.24) is 9.88 Å². The molecule has 2 heterocycles. The minimum absolute atomic E-state index is 0.0603. The summed E-state index contributed by atoms with van der Waals surface area (Å²) in [6, 6.07) is 23.3. The van der Waals surface area contributed by atoms with E-state index in [1.54, 1.807) is 29.2 Å². The lowest BCUT2D eigenvalue weighted by molar-refractivity contribution is 0.0696. The first kappa shape index (κ1) is 24.2. The average molecular weight is 526 g/mol. The molecule has 0 saturated carbocycles. The average Bonchev–Trinajstić information content (AvgIpc) is 3.55. The fourth-order valence-electron chi connectivity index (χ4n) is 5.39. The molecule has 2 aliphatic rings. The number of carbonyl (C=O) groups is 2. The zero-order chi connectivity index (χ0) is 26.1. The predicted molar refractivity (Wildman–Crippen MR) is 147 cm³/mol. The van der Waals surface area contributed by atoms with Crippen molar-refractivity contribution in [3.8, 4) is 11.1 Å². The van der Waals surface area contributed by atoms with Gasteiger partial charge >= 0.3 is 12.1 Å². The zero-order valence-electron chi connectivity index (χ0n) is 20.7. The van der Waals surface area contributed by atoms with Crippen LogP contribution in [0.5, 0.6) is 0 Å². The first-order valence-corrected chi connectivity index (χ1v) is 13.6. The van der Waals surface area contributed by atoms with Crippen molar-refractivity contribution in [2.75, 3.05) is 25.0 Å². The highest BCUT2D eigenvalue weighted by atomic mass is 32.1. The van der Waals surface area contributed by atoms with E-state index in [9.17, 15) is 9.59 Å². The Morgan fingerprint density at radius 1 is 0.947 bits per heavy atom. The molecular formula is C30H27N3O4S. The van der Waals surface area contributed by atoms with Crippen LogP contribution in [0.4, 0.5) is 15.6 Å². The summed E-state index contributed by atoms with van der Waals surface area (Å²) in [7, 11) is 0. The van der Waals surface area contributed by atoms with Gasteiger partial charge in [-0.3, -0.25) is 0 Å². The number of likely N-dealkylation sites (tertiary alicyclic amines) is 1. The van der Waals surface area contributed by atoms with Crippen LogP contribution in [-0.2, 0) is 4.74 Å². The van der Waals surface area contributed by atoms with Crippen molar-refractivity contribution in [3.63, 3.8) is 0 Å². The zero-order valence-corrected chi connectivity index (χ0v) is 21.5. The molecule has 38 heavy (non-hydrogen) atoms. The fraction of sp³-hybridized carbons (Fsp3) is 0.233. The van der Waals surface area contributed by atoms with E-state index in [0.717, 1.165) is 29.4 Å². The number of ether oxygens (including phenoxy) is 1. The molecule has 1 fully saturated rings. The van der Waals surface area contributed by atoms with Gasteiger partial charge in [0.1, 0.15) is 6.61 Å². The van der Waals surface area contributed by atoms with E-state index in [0.29, 0.717) is 19.7 Å². The van der Waals surface area contributed by atoms with E-state index >= 15 is 0 Å². The van der Waals surface area contributed by atoms with E-state index in [4.69, 9.17) is 14.8 Å². The number of benzene rings is 3. The van der Waals surface area contributed by atoms with Crippen molar-refractivity contribution in [2.45, 2.75) is 24.7 Å². The van der Waals surface area contributed by atoms with Gasteiger partial charge in [0, 0.05) is 36.0 Å². The van der Waals surface area contributed by atoms with Gasteiger partial charge in [-0.1, -0.05) is 48.5 Å². The predicted octanol–water partition coefficient (Wildman–Crippen LogP) is 6.71. The van der Waals surface area contributed by atoms with Crippen LogP contribution in [0.15, 0.2) is 78.2 Å². The highest BCUT2D eigenvalue weighted by Gasteiger charge is 2.31. The molecule has 1 amide bonds. The Balaban J connectivity index is 1.03. The molecule has 0 bridgehead atoms. The lowest BCUT2D eigenvalue weighted by Crippen LogP contribution is -2.38. The van der Waals surface area contributed by atoms with Gasteiger partial charge in [-0.25, -0.2) is 14.6 Å². The van der Waals surface area contributed by atoms with E-state index in [-0.39, 0.29) is 23.5 Å². The van der Waals surface area contributed by atoms with Crippen LogP contribution in [0, 0.1) is 0 Å². The molecule has 1 aromatic heterocycles. The number of carbonyl (C=O) groups excluding carboxylic acids is 1. The molecule has 4 aromatic rings. The number of aromatic carboxylic acids is 1. The number of fused-ring (bicyclic) bond motifs is 3. The minimum atomic E-state index is -0.947. The van der Waals surface area contributed by atoms with Gasteiger partial charge in [0.15, 0.2) is 5.13 Å². The number of aromatic nitrogens is 1. The molecule has 3 aromatic carbocycles. The molecular weight excluding hydrogens is 498 g/mol. The summed E-state index contributed by atoms with van der Waals surface area (Å²) in [6.45, 7) is 1.61. The van der Waals surface area contributed by atoms with Crippen LogP contribution in [0.1, 0.15) is 51.9 Å². The smallest absolute Gasteiger partial charge is 0.409 e. The summed E-state index contributed by atoms with van der Waals surface area (Å²) >= 11 is 1.52. The second-order valence-electron chi connectivity index (χ2n) is 9.65. The number of thiazole rings is 1. The van der Waals surface area contributed by atoms with E-state index in [1.165, 1.54) is 33.6 Å². The van der Waals surface area contributed by atoms with Crippen molar-refractivity contribution >= 4 is 34.2 Å². The summed E-state index contributed by atoms with van der Waals surface area (Å²) < 4.78 is 5.84. The van der Waals surface area contributed by atoms with Crippen LogP contribution in [0.3, 0.4) is 0 Å². The number of nitrogens with zero attached hydrogens (tertiary/aromatic N) is 2. The van der Waals surface area contributed by atoms with E-state index in [1.807, 2.05) is 24.3 Å². The summed E-state index contributed by atoms with van der Waals surface area (Å²) in [5.41, 5.74) is 6.93. The van der Waals surface area contributed by atoms with Crippen molar-refractivity contribution in [3.05, 3.63) is 101 Å². The fourth-order valence-corrected chi connectivity index (χ4v) is 6.21. The molecule has 8 heteroatoms. The van der Waals surface area contributed by atoms with Crippen molar-refractivity contribution < 1.29 is 19.4 Å². The van der Waals surface area contributed by atoms with Gasteiger partial charge < -0.3 is 20.1 Å². The molecule has 0 spiro atoms. The largest absolute Gasteiger partial charge is 0.478 e. The maximum atomic E-state index is 12.9. The first-order valence-electron chi connectivity index (χ1n) is 12.7. The molecule has 1 aliphatic heterocycles. The van der Waals surface area contributed by atoms with Gasteiger partial charge in [-0.05, 0) is 59.4 Å².